The molecule has 1 saturated heterocycles. The number of fused-ring (bicyclic) bond motifs is 1. The number of morpholine rings is 1. The molecule has 1 aliphatic heterocycles. The van der Waals surface area contributed by atoms with E-state index in [0.717, 1.165) is 57.8 Å². The topological polar surface area (TPSA) is 57.4 Å². The van der Waals surface area contributed by atoms with E-state index < -0.39 is 0 Å². The van der Waals surface area contributed by atoms with Gasteiger partial charge < -0.3 is 15.0 Å². The number of hydrogen-bond donors (Lipinski definition) is 2. The largest absolute Gasteiger partial charge is 0.379 e. The predicted octanol–water partition coefficient (Wildman–Crippen LogP) is 1.94. The Morgan fingerprint density at radius 1 is 1.26 bits per heavy atom. The van der Waals surface area contributed by atoms with Crippen LogP contribution in [0, 0.1) is 0 Å². The van der Waals surface area contributed by atoms with Gasteiger partial charge >= 0.3 is 0 Å². The van der Waals surface area contributed by atoms with Gasteiger partial charge in [0.25, 0.3) is 0 Å². The first-order valence-electron chi connectivity index (χ1n) is 8.45. The van der Waals surface area contributed by atoms with Crippen LogP contribution in [0.5, 0.6) is 0 Å². The van der Waals surface area contributed by atoms with Crippen molar-refractivity contribution in [3.8, 4) is 0 Å². The van der Waals surface area contributed by atoms with Crippen LogP contribution in [-0.2, 0) is 16.0 Å². The molecular weight excluding hydrogens is 290 g/mol. The van der Waals surface area contributed by atoms with Crippen LogP contribution >= 0.6 is 0 Å². The summed E-state index contributed by atoms with van der Waals surface area (Å²) in [5, 5.41) is 4.28. The fourth-order valence-electron chi connectivity index (χ4n) is 3.04. The molecule has 1 fully saturated rings. The zero-order valence-electron chi connectivity index (χ0n) is 13.5. The Hall–Kier alpha value is -1.85. The van der Waals surface area contributed by atoms with E-state index in [1.807, 2.05) is 6.07 Å². The lowest BCUT2D eigenvalue weighted by Crippen LogP contribution is -2.41. The molecule has 23 heavy (non-hydrogen) atoms. The van der Waals surface area contributed by atoms with Crippen molar-refractivity contribution >= 4 is 16.8 Å². The van der Waals surface area contributed by atoms with E-state index in [1.54, 1.807) is 0 Å². The van der Waals surface area contributed by atoms with Crippen molar-refractivity contribution < 1.29 is 9.53 Å². The Kier molecular flexibility index (Phi) is 5.66. The van der Waals surface area contributed by atoms with E-state index in [0.29, 0.717) is 6.42 Å². The van der Waals surface area contributed by atoms with Crippen LogP contribution < -0.4 is 5.32 Å². The number of nitrogens with one attached hydrogen (secondary N) is 2. The smallest absolute Gasteiger partial charge is 0.220 e. The second-order valence-electron chi connectivity index (χ2n) is 6.02. The van der Waals surface area contributed by atoms with Crippen LogP contribution in [0.3, 0.4) is 0 Å². The number of aryl methyl sites for hydroxylation is 1. The van der Waals surface area contributed by atoms with Gasteiger partial charge in [0, 0.05) is 49.7 Å². The Labute approximate surface area is 137 Å². The number of nitrogens with zero attached hydrogens (tertiary/aromatic N) is 1. The highest BCUT2D eigenvalue weighted by molar-refractivity contribution is 5.83. The molecule has 1 aliphatic rings. The van der Waals surface area contributed by atoms with Crippen LogP contribution in [0.25, 0.3) is 10.9 Å². The minimum Gasteiger partial charge on any atom is -0.379 e. The van der Waals surface area contributed by atoms with Crippen molar-refractivity contribution in [1.29, 1.82) is 0 Å². The molecule has 3 rings (SSSR count). The lowest BCUT2D eigenvalue weighted by atomic mass is 10.1. The molecule has 2 heterocycles. The molecular formula is C18H25N3O2. The number of hydrogen-bond acceptors (Lipinski definition) is 3. The monoisotopic (exact) mass is 315 g/mol. The van der Waals surface area contributed by atoms with E-state index in [4.69, 9.17) is 4.74 Å². The lowest BCUT2D eigenvalue weighted by Gasteiger charge is -2.26. The molecule has 124 valence electrons. The minimum atomic E-state index is 0.151. The van der Waals surface area contributed by atoms with Crippen molar-refractivity contribution in [3.63, 3.8) is 0 Å². The highest BCUT2D eigenvalue weighted by Gasteiger charge is 2.10. The maximum absolute atomic E-state index is 11.9. The van der Waals surface area contributed by atoms with Crippen LogP contribution in [-0.4, -0.2) is 55.2 Å². The van der Waals surface area contributed by atoms with E-state index in [2.05, 4.69) is 39.6 Å². The quantitative estimate of drug-likeness (QED) is 0.821. The van der Waals surface area contributed by atoms with Gasteiger partial charge in [0.05, 0.1) is 13.2 Å². The molecule has 1 aromatic carbocycles. The molecule has 0 saturated carbocycles. The summed E-state index contributed by atoms with van der Waals surface area (Å²) in [4.78, 5) is 17.5. The Morgan fingerprint density at radius 3 is 2.96 bits per heavy atom. The van der Waals surface area contributed by atoms with Gasteiger partial charge in [0.1, 0.15) is 0 Å². The van der Waals surface area contributed by atoms with Gasteiger partial charge in [0.15, 0.2) is 0 Å². The standard InChI is InChI=1S/C18H25N3O2/c22-18(19-8-9-21-10-12-23-13-11-21)7-3-4-15-14-20-17-6-2-1-5-16(15)17/h1-2,5-6,14,20H,3-4,7-13H2,(H,19,22). The summed E-state index contributed by atoms with van der Waals surface area (Å²) in [6.45, 7) is 5.19. The second-order valence-corrected chi connectivity index (χ2v) is 6.02. The van der Waals surface area contributed by atoms with E-state index in [9.17, 15) is 4.79 Å². The number of para-hydroxylation sites is 1. The van der Waals surface area contributed by atoms with Gasteiger partial charge in [-0.15, -0.1) is 0 Å². The molecule has 1 amide bonds. The fraction of sp³-hybridized carbons (Fsp3) is 0.500. The number of carbonyl (C=O) groups excluding carboxylic acids is 1. The first kappa shape index (κ1) is 16.0. The highest BCUT2D eigenvalue weighted by atomic mass is 16.5. The summed E-state index contributed by atoms with van der Waals surface area (Å²) in [6, 6.07) is 8.29. The van der Waals surface area contributed by atoms with Crippen molar-refractivity contribution in [2.45, 2.75) is 19.3 Å². The number of aromatic nitrogens is 1. The molecule has 0 atom stereocenters. The molecule has 0 unspecified atom stereocenters. The van der Waals surface area contributed by atoms with E-state index in [-0.39, 0.29) is 5.91 Å². The van der Waals surface area contributed by atoms with E-state index in [1.165, 1.54) is 10.9 Å². The number of benzene rings is 1. The average Bonchev–Trinajstić information content (AvgIpc) is 2.99. The van der Waals surface area contributed by atoms with Crippen molar-refractivity contribution in [2.24, 2.45) is 0 Å². The lowest BCUT2D eigenvalue weighted by molar-refractivity contribution is -0.121. The summed E-state index contributed by atoms with van der Waals surface area (Å²) >= 11 is 0. The molecule has 0 spiro atoms. The first-order chi connectivity index (χ1) is 11.3. The number of rotatable bonds is 7. The third kappa shape index (κ3) is 4.56. The number of H-pyrrole nitrogens is 1. The predicted molar refractivity (Wildman–Crippen MR) is 91.5 cm³/mol. The van der Waals surface area contributed by atoms with Crippen LogP contribution in [0.2, 0.25) is 0 Å². The maximum atomic E-state index is 11.9. The van der Waals surface area contributed by atoms with Gasteiger partial charge in [-0.1, -0.05) is 18.2 Å². The second kappa shape index (κ2) is 8.13. The molecule has 2 aromatic rings. The zero-order chi connectivity index (χ0) is 15.9. The first-order valence-corrected chi connectivity index (χ1v) is 8.45. The fourth-order valence-corrected chi connectivity index (χ4v) is 3.04. The summed E-state index contributed by atoms with van der Waals surface area (Å²) < 4.78 is 5.31. The number of carbonyl (C=O) groups is 1. The summed E-state index contributed by atoms with van der Waals surface area (Å²) in [7, 11) is 0. The van der Waals surface area contributed by atoms with Crippen molar-refractivity contribution in [3.05, 3.63) is 36.0 Å². The van der Waals surface area contributed by atoms with Crippen molar-refractivity contribution in [2.75, 3.05) is 39.4 Å². The van der Waals surface area contributed by atoms with Gasteiger partial charge in [-0.3, -0.25) is 9.69 Å². The third-order valence-corrected chi connectivity index (χ3v) is 4.38. The third-order valence-electron chi connectivity index (χ3n) is 4.38. The van der Waals surface area contributed by atoms with Crippen LogP contribution in [0.15, 0.2) is 30.5 Å². The number of amides is 1. The van der Waals surface area contributed by atoms with Crippen molar-refractivity contribution in [1.82, 2.24) is 15.2 Å². The van der Waals surface area contributed by atoms with E-state index >= 15 is 0 Å². The molecule has 5 heteroatoms. The summed E-state index contributed by atoms with van der Waals surface area (Å²) in [6.07, 6.45) is 4.45. The van der Waals surface area contributed by atoms with Gasteiger partial charge in [0.2, 0.25) is 5.91 Å². The molecule has 2 N–H and O–H groups in total. The molecule has 0 radical (unpaired) electrons. The summed E-state index contributed by atoms with van der Waals surface area (Å²) in [5.41, 5.74) is 2.46. The Balaban J connectivity index is 1.34. The highest BCUT2D eigenvalue weighted by Crippen LogP contribution is 2.19. The minimum absolute atomic E-state index is 0.151. The zero-order valence-corrected chi connectivity index (χ0v) is 13.5. The Bertz CT molecular complexity index is 632. The normalized spacial score (nSPS) is 15.8. The SMILES string of the molecule is O=C(CCCc1c[nH]c2ccccc12)NCCN1CCOCC1. The van der Waals surface area contributed by atoms with Gasteiger partial charge in [-0.05, 0) is 24.5 Å². The molecule has 0 bridgehead atoms. The van der Waals surface area contributed by atoms with Crippen LogP contribution in [0.1, 0.15) is 18.4 Å². The van der Waals surface area contributed by atoms with Gasteiger partial charge in [-0.2, -0.15) is 0 Å². The molecule has 5 nitrogen and oxygen atoms in total. The van der Waals surface area contributed by atoms with Gasteiger partial charge in [-0.25, -0.2) is 0 Å². The average molecular weight is 315 g/mol. The summed E-state index contributed by atoms with van der Waals surface area (Å²) in [5.74, 6) is 0.151. The Morgan fingerprint density at radius 2 is 2.09 bits per heavy atom. The number of ether oxygens (including phenoxy) is 1. The molecule has 1 aromatic heterocycles. The maximum Gasteiger partial charge on any atom is 0.220 e. The molecule has 0 aliphatic carbocycles. The van der Waals surface area contributed by atoms with Crippen LogP contribution in [0.4, 0.5) is 0 Å². The number of aromatic amines is 1.